The van der Waals surface area contributed by atoms with Crippen molar-refractivity contribution >= 4 is 0 Å². The van der Waals surface area contributed by atoms with Crippen LogP contribution >= 0.6 is 0 Å². The molecule has 1 heterocycles. The monoisotopic (exact) mass is 288 g/mol. The second kappa shape index (κ2) is 7.74. The van der Waals surface area contributed by atoms with Gasteiger partial charge in [0.25, 0.3) is 0 Å². The molecule has 1 aromatic carbocycles. The molecule has 1 aromatic rings. The highest BCUT2D eigenvalue weighted by Gasteiger charge is 2.34. The molecule has 1 N–H and O–H groups in total. The summed E-state index contributed by atoms with van der Waals surface area (Å²) in [4.78, 5) is 2.53. The number of nitrogens with zero attached hydrogens (tertiary/aromatic N) is 1. The van der Waals surface area contributed by atoms with Gasteiger partial charge < -0.3 is 10.1 Å². The van der Waals surface area contributed by atoms with Crippen LogP contribution in [0.2, 0.25) is 0 Å². The van der Waals surface area contributed by atoms with Crippen molar-refractivity contribution < 1.29 is 4.74 Å². The lowest BCUT2D eigenvalue weighted by molar-refractivity contribution is 0.0508. The summed E-state index contributed by atoms with van der Waals surface area (Å²) in [7, 11) is 0. The molecule has 3 nitrogen and oxygen atoms in total. The Morgan fingerprint density at radius 1 is 1.38 bits per heavy atom. The van der Waals surface area contributed by atoms with E-state index in [1.165, 1.54) is 5.56 Å². The number of benzene rings is 1. The van der Waals surface area contributed by atoms with Crippen molar-refractivity contribution in [3.63, 3.8) is 0 Å². The Balaban J connectivity index is 1.91. The van der Waals surface area contributed by atoms with Crippen LogP contribution in [0, 0.1) is 0 Å². The predicted molar refractivity (Wildman–Crippen MR) is 88.5 cm³/mol. The van der Waals surface area contributed by atoms with Gasteiger partial charge in [0.15, 0.2) is 0 Å². The summed E-state index contributed by atoms with van der Waals surface area (Å²) in [6.07, 6.45) is 2.83. The van der Waals surface area contributed by atoms with Gasteiger partial charge in [0, 0.05) is 25.7 Å². The van der Waals surface area contributed by atoms with Crippen molar-refractivity contribution in [1.29, 1.82) is 0 Å². The molecule has 0 aromatic heterocycles. The van der Waals surface area contributed by atoms with E-state index in [1.54, 1.807) is 0 Å². The highest BCUT2D eigenvalue weighted by Crippen LogP contribution is 2.26. The average molecular weight is 288 g/mol. The van der Waals surface area contributed by atoms with Crippen LogP contribution in [0.4, 0.5) is 0 Å². The van der Waals surface area contributed by atoms with Crippen molar-refractivity contribution in [3.8, 4) is 0 Å². The van der Waals surface area contributed by atoms with Gasteiger partial charge in [-0.3, -0.25) is 4.90 Å². The van der Waals surface area contributed by atoms with Crippen LogP contribution in [-0.2, 0) is 10.3 Å². The number of rotatable bonds is 7. The molecule has 0 aliphatic carbocycles. The smallest absolute Gasteiger partial charge is 0.0593 e. The third-order valence-corrected chi connectivity index (χ3v) is 4.33. The standard InChI is InChI=1S/C18H28N2O/c1-4-5-12-21-13-11-20-15-18(3,19-14-16(20)2)17-9-7-6-8-10-17/h4,6-10,16,19H,1,5,11-15H2,2-3H3. The Labute approximate surface area is 129 Å². The molecule has 1 aliphatic rings. The van der Waals surface area contributed by atoms with Gasteiger partial charge in [-0.25, -0.2) is 0 Å². The Morgan fingerprint density at radius 3 is 2.86 bits per heavy atom. The van der Waals surface area contributed by atoms with Gasteiger partial charge in [0.05, 0.1) is 18.8 Å². The summed E-state index contributed by atoms with van der Waals surface area (Å²) in [6, 6.07) is 11.3. The molecule has 0 spiro atoms. The molecule has 1 fully saturated rings. The second-order valence-corrected chi connectivity index (χ2v) is 6.09. The molecule has 1 aliphatic heterocycles. The fraction of sp³-hybridized carbons (Fsp3) is 0.556. The lowest BCUT2D eigenvalue weighted by Gasteiger charge is -2.45. The Hall–Kier alpha value is -1.16. The molecule has 0 bridgehead atoms. The first-order valence-electron chi connectivity index (χ1n) is 7.89. The minimum absolute atomic E-state index is 0.0227. The lowest BCUT2D eigenvalue weighted by atomic mass is 9.88. The first-order valence-corrected chi connectivity index (χ1v) is 7.89. The Morgan fingerprint density at radius 2 is 2.14 bits per heavy atom. The van der Waals surface area contributed by atoms with Crippen LogP contribution in [0.1, 0.15) is 25.8 Å². The zero-order valence-electron chi connectivity index (χ0n) is 13.3. The van der Waals surface area contributed by atoms with Crippen LogP contribution in [0.3, 0.4) is 0 Å². The number of hydrogen-bond donors (Lipinski definition) is 1. The lowest BCUT2D eigenvalue weighted by Crippen LogP contribution is -2.60. The quantitative estimate of drug-likeness (QED) is 0.617. The van der Waals surface area contributed by atoms with E-state index >= 15 is 0 Å². The number of piperazine rings is 1. The summed E-state index contributed by atoms with van der Waals surface area (Å²) in [5.74, 6) is 0. The molecule has 1 saturated heterocycles. The average Bonchev–Trinajstić information content (AvgIpc) is 2.51. The van der Waals surface area contributed by atoms with Crippen molar-refractivity contribution in [3.05, 3.63) is 48.6 Å². The summed E-state index contributed by atoms with van der Waals surface area (Å²) >= 11 is 0. The van der Waals surface area contributed by atoms with E-state index in [9.17, 15) is 0 Å². The molecule has 116 valence electrons. The molecular formula is C18H28N2O. The van der Waals surface area contributed by atoms with Crippen molar-refractivity contribution in [1.82, 2.24) is 10.2 Å². The van der Waals surface area contributed by atoms with E-state index in [0.29, 0.717) is 6.04 Å². The van der Waals surface area contributed by atoms with Gasteiger partial charge in [-0.1, -0.05) is 36.4 Å². The van der Waals surface area contributed by atoms with E-state index in [2.05, 4.69) is 61.0 Å². The molecule has 0 amide bonds. The molecule has 3 heteroatoms. The van der Waals surface area contributed by atoms with Gasteiger partial charge in [0.2, 0.25) is 0 Å². The zero-order chi connectivity index (χ0) is 15.1. The topological polar surface area (TPSA) is 24.5 Å². The van der Waals surface area contributed by atoms with Crippen LogP contribution in [0.25, 0.3) is 0 Å². The minimum Gasteiger partial charge on any atom is -0.380 e. The summed E-state index contributed by atoms with van der Waals surface area (Å²) in [5.41, 5.74) is 1.38. The summed E-state index contributed by atoms with van der Waals surface area (Å²) < 4.78 is 5.67. The van der Waals surface area contributed by atoms with E-state index in [0.717, 1.165) is 39.3 Å². The fourth-order valence-corrected chi connectivity index (χ4v) is 2.87. The molecule has 21 heavy (non-hydrogen) atoms. The molecular weight excluding hydrogens is 260 g/mol. The SMILES string of the molecule is C=CCCOCCN1CC(C)(c2ccccc2)NCC1C. The summed E-state index contributed by atoms with van der Waals surface area (Å²) in [6.45, 7) is 12.9. The number of ether oxygens (including phenoxy) is 1. The van der Waals surface area contributed by atoms with Gasteiger partial charge in [-0.2, -0.15) is 0 Å². The summed E-state index contributed by atoms with van der Waals surface area (Å²) in [5, 5.41) is 3.71. The van der Waals surface area contributed by atoms with E-state index in [4.69, 9.17) is 4.74 Å². The number of hydrogen-bond acceptors (Lipinski definition) is 3. The van der Waals surface area contributed by atoms with Crippen LogP contribution in [0.15, 0.2) is 43.0 Å². The first kappa shape index (κ1) is 16.2. The molecule has 2 atom stereocenters. The molecule has 0 saturated carbocycles. The highest BCUT2D eigenvalue weighted by molar-refractivity contribution is 5.25. The number of nitrogens with one attached hydrogen (secondary N) is 1. The maximum atomic E-state index is 5.67. The van der Waals surface area contributed by atoms with Crippen molar-refractivity contribution in [2.75, 3.05) is 32.8 Å². The minimum atomic E-state index is 0.0227. The molecule has 2 unspecified atom stereocenters. The van der Waals surface area contributed by atoms with Gasteiger partial charge in [-0.05, 0) is 25.8 Å². The fourth-order valence-electron chi connectivity index (χ4n) is 2.87. The van der Waals surface area contributed by atoms with E-state index in [-0.39, 0.29) is 5.54 Å². The predicted octanol–water partition coefficient (Wildman–Crippen LogP) is 2.79. The third-order valence-electron chi connectivity index (χ3n) is 4.33. The maximum Gasteiger partial charge on any atom is 0.0593 e. The van der Waals surface area contributed by atoms with Gasteiger partial charge in [-0.15, -0.1) is 6.58 Å². The van der Waals surface area contributed by atoms with Gasteiger partial charge >= 0.3 is 0 Å². The van der Waals surface area contributed by atoms with Crippen LogP contribution in [-0.4, -0.2) is 43.8 Å². The Bertz CT molecular complexity index is 434. The first-order chi connectivity index (χ1) is 10.2. The largest absolute Gasteiger partial charge is 0.380 e. The van der Waals surface area contributed by atoms with Crippen LogP contribution in [0.5, 0.6) is 0 Å². The molecule has 0 radical (unpaired) electrons. The third kappa shape index (κ3) is 4.40. The van der Waals surface area contributed by atoms with Crippen molar-refractivity contribution in [2.24, 2.45) is 0 Å². The Kier molecular flexibility index (Phi) is 5.97. The van der Waals surface area contributed by atoms with E-state index in [1.807, 2.05) is 6.08 Å². The molecule has 2 rings (SSSR count). The maximum absolute atomic E-state index is 5.67. The zero-order valence-corrected chi connectivity index (χ0v) is 13.3. The second-order valence-electron chi connectivity index (χ2n) is 6.09. The van der Waals surface area contributed by atoms with Gasteiger partial charge in [0.1, 0.15) is 0 Å². The van der Waals surface area contributed by atoms with Crippen LogP contribution < -0.4 is 5.32 Å². The van der Waals surface area contributed by atoms with Crippen molar-refractivity contribution in [2.45, 2.75) is 31.8 Å². The van der Waals surface area contributed by atoms with E-state index < -0.39 is 0 Å². The normalized spacial score (nSPS) is 26.7. The highest BCUT2D eigenvalue weighted by atomic mass is 16.5.